The number of nitro benzene ring substituents is 1. The first kappa shape index (κ1) is 15.0. The van der Waals surface area contributed by atoms with Crippen molar-refractivity contribution in [2.75, 3.05) is 11.9 Å². The van der Waals surface area contributed by atoms with Crippen LogP contribution in [0.15, 0.2) is 18.2 Å². The number of hydrogen-bond donors (Lipinski definition) is 2. The molecule has 1 aromatic carbocycles. The lowest BCUT2D eigenvalue weighted by molar-refractivity contribution is -0.385. The van der Waals surface area contributed by atoms with Gasteiger partial charge >= 0.3 is 0 Å². The van der Waals surface area contributed by atoms with E-state index in [0.717, 1.165) is 18.2 Å². The number of nitro groups is 1. The van der Waals surface area contributed by atoms with Crippen LogP contribution in [0.25, 0.3) is 0 Å². The summed E-state index contributed by atoms with van der Waals surface area (Å²) in [7, 11) is 0. The summed E-state index contributed by atoms with van der Waals surface area (Å²) in [6, 6.07) is 2.93. The first-order valence-corrected chi connectivity index (χ1v) is 5.67. The normalized spacial score (nSPS) is 11.2. The molecule has 1 rings (SSSR count). The summed E-state index contributed by atoms with van der Waals surface area (Å²) in [5.74, 6) is -1.16. The molecule has 0 radical (unpaired) electrons. The van der Waals surface area contributed by atoms with Crippen LogP contribution in [0.4, 0.5) is 15.8 Å². The van der Waals surface area contributed by atoms with Gasteiger partial charge in [-0.05, 0) is 26.8 Å². The Balaban J connectivity index is 2.71. The molecule has 1 amide bonds. The van der Waals surface area contributed by atoms with E-state index in [1.54, 1.807) is 0 Å². The Morgan fingerprint density at radius 2 is 2.00 bits per heavy atom. The summed E-state index contributed by atoms with van der Waals surface area (Å²) in [5.41, 5.74) is -0.572. The van der Waals surface area contributed by atoms with Gasteiger partial charge in [-0.15, -0.1) is 0 Å². The average molecular weight is 269 g/mol. The zero-order chi connectivity index (χ0) is 14.6. The van der Waals surface area contributed by atoms with Crippen molar-refractivity contribution in [1.82, 2.24) is 5.32 Å². The van der Waals surface area contributed by atoms with Gasteiger partial charge in [0.2, 0.25) is 5.91 Å². The van der Waals surface area contributed by atoms with Gasteiger partial charge < -0.3 is 10.6 Å². The topological polar surface area (TPSA) is 84.3 Å². The molecular formula is C12H16FN3O3. The van der Waals surface area contributed by atoms with Gasteiger partial charge in [0.25, 0.3) is 5.69 Å². The number of carbonyl (C=O) groups is 1. The zero-order valence-corrected chi connectivity index (χ0v) is 11.0. The molecule has 0 aliphatic carbocycles. The van der Waals surface area contributed by atoms with Crippen molar-refractivity contribution in [2.24, 2.45) is 0 Å². The number of rotatable bonds is 4. The Kier molecular flexibility index (Phi) is 4.55. The summed E-state index contributed by atoms with van der Waals surface area (Å²) in [5, 5.41) is 15.9. The number of nitrogens with zero attached hydrogens (tertiary/aromatic N) is 1. The molecule has 0 spiro atoms. The van der Waals surface area contributed by atoms with Gasteiger partial charge in [0.15, 0.2) is 0 Å². The molecule has 0 atom stereocenters. The fourth-order valence-corrected chi connectivity index (χ4v) is 1.30. The monoisotopic (exact) mass is 269 g/mol. The second-order valence-corrected chi connectivity index (χ2v) is 5.11. The number of hydrogen-bond acceptors (Lipinski definition) is 4. The molecule has 7 heteroatoms. The van der Waals surface area contributed by atoms with Gasteiger partial charge in [-0.3, -0.25) is 14.9 Å². The van der Waals surface area contributed by atoms with Gasteiger partial charge in [-0.2, -0.15) is 0 Å². The van der Waals surface area contributed by atoms with E-state index in [2.05, 4.69) is 10.6 Å². The maximum absolute atomic E-state index is 13.1. The minimum absolute atomic E-state index is 0.0355. The summed E-state index contributed by atoms with van der Waals surface area (Å²) in [6.07, 6.45) is 0. The molecule has 104 valence electrons. The highest BCUT2D eigenvalue weighted by Gasteiger charge is 2.14. The third-order valence-corrected chi connectivity index (χ3v) is 2.16. The maximum atomic E-state index is 13.1. The predicted octanol–water partition coefficient (Wildman–Crippen LogP) is 2.06. The predicted molar refractivity (Wildman–Crippen MR) is 69.4 cm³/mol. The van der Waals surface area contributed by atoms with E-state index in [0.29, 0.717) is 0 Å². The highest BCUT2D eigenvalue weighted by atomic mass is 19.1. The summed E-state index contributed by atoms with van der Waals surface area (Å²) < 4.78 is 13.1. The van der Waals surface area contributed by atoms with E-state index in [-0.39, 0.29) is 17.8 Å². The molecular weight excluding hydrogens is 253 g/mol. The van der Waals surface area contributed by atoms with E-state index < -0.39 is 22.3 Å². The molecule has 0 bridgehead atoms. The second-order valence-electron chi connectivity index (χ2n) is 5.11. The SMILES string of the molecule is CC(C)(C)NCC(=O)Nc1cc(F)cc([N+](=O)[O-])c1. The Morgan fingerprint density at radius 1 is 1.37 bits per heavy atom. The fourth-order valence-electron chi connectivity index (χ4n) is 1.30. The highest BCUT2D eigenvalue weighted by molar-refractivity contribution is 5.92. The molecule has 0 unspecified atom stereocenters. The number of benzene rings is 1. The molecule has 0 saturated heterocycles. The van der Waals surface area contributed by atoms with Gasteiger partial charge in [0.05, 0.1) is 23.2 Å². The van der Waals surface area contributed by atoms with Gasteiger partial charge in [0.1, 0.15) is 5.82 Å². The van der Waals surface area contributed by atoms with Crippen molar-refractivity contribution < 1.29 is 14.1 Å². The molecule has 19 heavy (non-hydrogen) atoms. The molecule has 6 nitrogen and oxygen atoms in total. The average Bonchev–Trinajstić information content (AvgIpc) is 2.24. The summed E-state index contributed by atoms with van der Waals surface area (Å²) in [4.78, 5) is 21.4. The van der Waals surface area contributed by atoms with Crippen molar-refractivity contribution in [3.8, 4) is 0 Å². The van der Waals surface area contributed by atoms with E-state index >= 15 is 0 Å². The van der Waals surface area contributed by atoms with Crippen LogP contribution in [-0.4, -0.2) is 22.9 Å². The van der Waals surface area contributed by atoms with Crippen molar-refractivity contribution >= 4 is 17.3 Å². The van der Waals surface area contributed by atoms with Crippen LogP contribution in [0.5, 0.6) is 0 Å². The number of anilines is 1. The van der Waals surface area contributed by atoms with Crippen molar-refractivity contribution in [3.63, 3.8) is 0 Å². The van der Waals surface area contributed by atoms with Crippen LogP contribution < -0.4 is 10.6 Å². The largest absolute Gasteiger partial charge is 0.325 e. The van der Waals surface area contributed by atoms with E-state index in [9.17, 15) is 19.3 Å². The summed E-state index contributed by atoms with van der Waals surface area (Å²) >= 11 is 0. The molecule has 0 aliphatic heterocycles. The first-order valence-electron chi connectivity index (χ1n) is 5.67. The molecule has 0 saturated carbocycles. The van der Waals surface area contributed by atoms with Crippen LogP contribution in [0.3, 0.4) is 0 Å². The molecule has 2 N–H and O–H groups in total. The summed E-state index contributed by atoms with van der Waals surface area (Å²) in [6.45, 7) is 5.72. The van der Waals surface area contributed by atoms with E-state index in [1.807, 2.05) is 20.8 Å². The molecule has 0 aromatic heterocycles. The Labute approximate surface area is 110 Å². The third kappa shape index (κ3) is 5.43. The first-order chi connectivity index (χ1) is 8.67. The Morgan fingerprint density at radius 3 is 2.53 bits per heavy atom. The number of halogens is 1. The lowest BCUT2D eigenvalue weighted by Crippen LogP contribution is -2.41. The minimum Gasteiger partial charge on any atom is -0.325 e. The van der Waals surface area contributed by atoms with E-state index in [1.165, 1.54) is 0 Å². The van der Waals surface area contributed by atoms with Crippen LogP contribution in [-0.2, 0) is 4.79 Å². The Bertz CT molecular complexity index is 497. The van der Waals surface area contributed by atoms with Crippen molar-refractivity contribution in [1.29, 1.82) is 0 Å². The van der Waals surface area contributed by atoms with Crippen molar-refractivity contribution in [2.45, 2.75) is 26.3 Å². The maximum Gasteiger partial charge on any atom is 0.274 e. The minimum atomic E-state index is -0.770. The quantitative estimate of drug-likeness (QED) is 0.647. The standard InChI is InChI=1S/C12H16FN3O3/c1-12(2,3)14-7-11(17)15-9-4-8(13)5-10(6-9)16(18)19/h4-6,14H,7H2,1-3H3,(H,15,17). The molecule has 0 fully saturated rings. The van der Waals surface area contributed by atoms with Crippen LogP contribution in [0, 0.1) is 15.9 Å². The molecule has 0 heterocycles. The smallest absolute Gasteiger partial charge is 0.274 e. The third-order valence-electron chi connectivity index (χ3n) is 2.16. The van der Waals surface area contributed by atoms with Gasteiger partial charge in [-0.1, -0.05) is 0 Å². The Hall–Kier alpha value is -2.02. The van der Waals surface area contributed by atoms with Crippen LogP contribution in [0.2, 0.25) is 0 Å². The zero-order valence-electron chi connectivity index (χ0n) is 11.0. The number of nitrogens with one attached hydrogen (secondary N) is 2. The second kappa shape index (κ2) is 5.75. The fraction of sp³-hybridized carbons (Fsp3) is 0.417. The number of non-ortho nitro benzene ring substituents is 1. The number of carbonyl (C=O) groups excluding carboxylic acids is 1. The van der Waals surface area contributed by atoms with Gasteiger partial charge in [0, 0.05) is 11.6 Å². The van der Waals surface area contributed by atoms with E-state index in [4.69, 9.17) is 0 Å². The van der Waals surface area contributed by atoms with Gasteiger partial charge in [-0.25, -0.2) is 4.39 Å². The molecule has 1 aromatic rings. The van der Waals surface area contributed by atoms with Crippen molar-refractivity contribution in [3.05, 3.63) is 34.1 Å². The lowest BCUT2D eigenvalue weighted by Gasteiger charge is -2.19. The number of amides is 1. The van der Waals surface area contributed by atoms with Crippen LogP contribution in [0.1, 0.15) is 20.8 Å². The molecule has 0 aliphatic rings. The highest BCUT2D eigenvalue weighted by Crippen LogP contribution is 2.19. The van der Waals surface area contributed by atoms with Crippen LogP contribution >= 0.6 is 0 Å². The lowest BCUT2D eigenvalue weighted by atomic mass is 10.1.